The lowest BCUT2D eigenvalue weighted by Crippen LogP contribution is -2.56. The second-order valence-corrected chi connectivity index (χ2v) is 9.27. The molecule has 1 saturated heterocycles. The van der Waals surface area contributed by atoms with Gasteiger partial charge in [0.15, 0.2) is 9.84 Å². The van der Waals surface area contributed by atoms with E-state index in [-0.39, 0.29) is 11.7 Å². The van der Waals surface area contributed by atoms with E-state index < -0.39 is 20.6 Å². The lowest BCUT2D eigenvalue weighted by atomic mass is 9.84. The van der Waals surface area contributed by atoms with Gasteiger partial charge in [-0.25, -0.2) is 8.42 Å². The Morgan fingerprint density at radius 3 is 2.60 bits per heavy atom. The number of hydrogen-bond acceptors (Lipinski definition) is 5. The molecular formula is C13H24N2O3S2. The summed E-state index contributed by atoms with van der Waals surface area (Å²) in [4.78, 5) is 14.5. The van der Waals surface area contributed by atoms with Crippen molar-refractivity contribution in [2.75, 3.05) is 30.3 Å². The first kappa shape index (κ1) is 16.1. The van der Waals surface area contributed by atoms with Gasteiger partial charge in [0.25, 0.3) is 0 Å². The van der Waals surface area contributed by atoms with Crippen LogP contribution in [-0.2, 0) is 14.6 Å². The normalized spacial score (nSPS) is 26.7. The van der Waals surface area contributed by atoms with E-state index >= 15 is 0 Å². The molecule has 1 heterocycles. The Labute approximate surface area is 125 Å². The molecule has 0 aromatic carbocycles. The molecule has 1 amide bonds. The van der Waals surface area contributed by atoms with Crippen LogP contribution in [-0.4, -0.2) is 54.9 Å². The van der Waals surface area contributed by atoms with Crippen LogP contribution in [0.5, 0.6) is 0 Å². The molecule has 0 radical (unpaired) electrons. The van der Waals surface area contributed by atoms with Crippen LogP contribution in [0.25, 0.3) is 0 Å². The summed E-state index contributed by atoms with van der Waals surface area (Å²) >= 11 is 1.61. The summed E-state index contributed by atoms with van der Waals surface area (Å²) in [6, 6.07) is 0. The average Bonchev–Trinajstić information content (AvgIpc) is 2.96. The van der Waals surface area contributed by atoms with Gasteiger partial charge in [-0.05, 0) is 12.8 Å². The zero-order valence-corrected chi connectivity index (χ0v) is 13.6. The van der Waals surface area contributed by atoms with Crippen molar-refractivity contribution in [3.05, 3.63) is 0 Å². The third-order valence-electron chi connectivity index (χ3n) is 4.57. The number of carbonyl (C=O) groups excluding carboxylic acids is 1. The zero-order valence-electron chi connectivity index (χ0n) is 12.0. The standard InChI is InChI=1S/C13H24N2O3S2/c1-2-20(17,18)11-9-19-8-7-15(11)12(16)13(10-14)5-3-4-6-13/h11H,2-10,14H2,1H3. The van der Waals surface area contributed by atoms with Gasteiger partial charge in [-0.1, -0.05) is 19.8 Å². The van der Waals surface area contributed by atoms with E-state index in [4.69, 9.17) is 5.73 Å². The summed E-state index contributed by atoms with van der Waals surface area (Å²) in [6.07, 6.45) is 3.61. The predicted molar refractivity (Wildman–Crippen MR) is 82.2 cm³/mol. The molecule has 1 atom stereocenters. The summed E-state index contributed by atoms with van der Waals surface area (Å²) in [5, 5.41) is -0.664. The zero-order chi connectivity index (χ0) is 14.8. The van der Waals surface area contributed by atoms with Crippen molar-refractivity contribution in [1.29, 1.82) is 0 Å². The van der Waals surface area contributed by atoms with Crippen molar-refractivity contribution in [3.8, 4) is 0 Å². The molecule has 1 saturated carbocycles. The van der Waals surface area contributed by atoms with Crippen LogP contribution < -0.4 is 5.73 Å². The second-order valence-electron chi connectivity index (χ2n) is 5.67. The number of hydrogen-bond donors (Lipinski definition) is 1. The maximum atomic E-state index is 12.9. The van der Waals surface area contributed by atoms with Crippen molar-refractivity contribution in [1.82, 2.24) is 4.90 Å². The third kappa shape index (κ3) is 2.85. The Bertz CT molecular complexity index is 458. The Hall–Kier alpha value is -0.270. The fourth-order valence-corrected chi connectivity index (χ4v) is 6.13. The Morgan fingerprint density at radius 2 is 2.05 bits per heavy atom. The van der Waals surface area contributed by atoms with E-state index in [2.05, 4.69) is 0 Å². The van der Waals surface area contributed by atoms with E-state index in [0.29, 0.717) is 18.8 Å². The predicted octanol–water partition coefficient (Wildman–Crippen LogP) is 0.842. The second kappa shape index (κ2) is 6.23. The molecule has 1 unspecified atom stereocenters. The number of amides is 1. The molecule has 0 bridgehead atoms. The topological polar surface area (TPSA) is 80.5 Å². The number of sulfone groups is 1. The van der Waals surface area contributed by atoms with Gasteiger partial charge in [0.05, 0.1) is 5.41 Å². The Balaban J connectivity index is 2.26. The monoisotopic (exact) mass is 320 g/mol. The van der Waals surface area contributed by atoms with Crippen LogP contribution in [0.2, 0.25) is 0 Å². The molecule has 2 rings (SSSR count). The highest BCUT2D eigenvalue weighted by Crippen LogP contribution is 2.40. The molecule has 7 heteroatoms. The van der Waals surface area contributed by atoms with Gasteiger partial charge in [0, 0.05) is 30.3 Å². The lowest BCUT2D eigenvalue weighted by Gasteiger charge is -2.40. The van der Waals surface area contributed by atoms with Crippen molar-refractivity contribution in [3.63, 3.8) is 0 Å². The molecule has 0 aromatic heterocycles. The summed E-state index contributed by atoms with van der Waals surface area (Å²) in [5.41, 5.74) is 5.35. The van der Waals surface area contributed by atoms with E-state index in [1.807, 2.05) is 0 Å². The van der Waals surface area contributed by atoms with Crippen LogP contribution in [0.4, 0.5) is 0 Å². The molecular weight excluding hydrogens is 296 g/mol. The first-order valence-electron chi connectivity index (χ1n) is 7.27. The highest BCUT2D eigenvalue weighted by Gasteiger charge is 2.46. The first-order chi connectivity index (χ1) is 9.47. The smallest absolute Gasteiger partial charge is 0.231 e. The lowest BCUT2D eigenvalue weighted by molar-refractivity contribution is -0.141. The maximum Gasteiger partial charge on any atom is 0.231 e. The minimum Gasteiger partial charge on any atom is -0.329 e. The van der Waals surface area contributed by atoms with Gasteiger partial charge in [0.1, 0.15) is 5.37 Å². The minimum absolute atomic E-state index is 0.0279. The fraction of sp³-hybridized carbons (Fsp3) is 0.923. The van der Waals surface area contributed by atoms with Crippen LogP contribution in [0.1, 0.15) is 32.6 Å². The van der Waals surface area contributed by atoms with Gasteiger partial charge in [-0.2, -0.15) is 11.8 Å². The van der Waals surface area contributed by atoms with E-state index in [1.165, 1.54) is 0 Å². The fourth-order valence-electron chi connectivity index (χ4n) is 3.16. The van der Waals surface area contributed by atoms with Gasteiger partial charge in [-0.15, -0.1) is 0 Å². The van der Waals surface area contributed by atoms with E-state index in [9.17, 15) is 13.2 Å². The third-order valence-corrected chi connectivity index (χ3v) is 7.86. The van der Waals surface area contributed by atoms with Crippen molar-refractivity contribution < 1.29 is 13.2 Å². The summed E-state index contributed by atoms with van der Waals surface area (Å²) < 4.78 is 24.5. The highest BCUT2D eigenvalue weighted by molar-refractivity contribution is 8.01. The van der Waals surface area contributed by atoms with Gasteiger partial charge >= 0.3 is 0 Å². The molecule has 2 N–H and O–H groups in total. The first-order valence-corrected chi connectivity index (χ1v) is 10.1. The molecule has 2 fully saturated rings. The molecule has 1 aliphatic carbocycles. The van der Waals surface area contributed by atoms with Crippen LogP contribution in [0.3, 0.4) is 0 Å². The van der Waals surface area contributed by atoms with Crippen LogP contribution >= 0.6 is 11.8 Å². The van der Waals surface area contributed by atoms with Gasteiger partial charge in [-0.3, -0.25) is 4.79 Å². The van der Waals surface area contributed by atoms with Crippen LogP contribution in [0, 0.1) is 5.41 Å². The number of nitrogens with two attached hydrogens (primary N) is 1. The molecule has 1 aliphatic heterocycles. The number of thioether (sulfide) groups is 1. The molecule has 5 nitrogen and oxygen atoms in total. The average molecular weight is 320 g/mol. The number of nitrogens with zero attached hydrogens (tertiary/aromatic N) is 1. The summed E-state index contributed by atoms with van der Waals surface area (Å²) in [6.45, 7) is 2.50. The quantitative estimate of drug-likeness (QED) is 0.830. The molecule has 2 aliphatic rings. The maximum absolute atomic E-state index is 12.9. The molecule has 0 spiro atoms. The number of carbonyl (C=O) groups is 1. The van der Waals surface area contributed by atoms with Crippen molar-refractivity contribution in [2.24, 2.45) is 11.1 Å². The Kier molecular flexibility index (Phi) is 5.02. The summed E-state index contributed by atoms with van der Waals surface area (Å²) in [7, 11) is -3.24. The molecule has 0 aromatic rings. The van der Waals surface area contributed by atoms with Crippen molar-refractivity contribution >= 4 is 27.5 Å². The van der Waals surface area contributed by atoms with E-state index in [1.54, 1.807) is 23.6 Å². The summed E-state index contributed by atoms with van der Waals surface area (Å²) in [5.74, 6) is 1.35. The highest BCUT2D eigenvalue weighted by atomic mass is 32.2. The van der Waals surface area contributed by atoms with Gasteiger partial charge < -0.3 is 10.6 Å². The number of rotatable bonds is 4. The van der Waals surface area contributed by atoms with Crippen molar-refractivity contribution in [2.45, 2.75) is 38.0 Å². The Morgan fingerprint density at radius 1 is 1.40 bits per heavy atom. The van der Waals surface area contributed by atoms with E-state index in [0.717, 1.165) is 31.4 Å². The van der Waals surface area contributed by atoms with Crippen LogP contribution in [0.15, 0.2) is 0 Å². The largest absolute Gasteiger partial charge is 0.329 e. The van der Waals surface area contributed by atoms with Gasteiger partial charge in [0.2, 0.25) is 5.91 Å². The molecule has 20 heavy (non-hydrogen) atoms. The minimum atomic E-state index is -3.24. The SMILES string of the molecule is CCS(=O)(=O)C1CSCCN1C(=O)C1(CN)CCCC1. The molecule has 116 valence electrons.